The fourth-order valence-electron chi connectivity index (χ4n) is 1.57. The van der Waals surface area contributed by atoms with E-state index in [1.54, 1.807) is 12.1 Å². The molecule has 110 valence electrons. The molecule has 0 atom stereocenters. The molecule has 0 aromatic heterocycles. The van der Waals surface area contributed by atoms with E-state index in [0.717, 1.165) is 5.56 Å². The molecule has 0 aliphatic heterocycles. The molecule has 0 fully saturated rings. The summed E-state index contributed by atoms with van der Waals surface area (Å²) < 4.78 is 5.68. The Labute approximate surface area is 119 Å². The molecule has 1 rings (SSSR count). The minimum absolute atomic E-state index is 0.0834. The van der Waals surface area contributed by atoms with Crippen LogP contribution in [-0.2, 0) is 6.54 Å². The van der Waals surface area contributed by atoms with Crippen LogP contribution in [0.3, 0.4) is 0 Å². The van der Waals surface area contributed by atoms with Crippen molar-refractivity contribution in [3.05, 3.63) is 45.5 Å². The summed E-state index contributed by atoms with van der Waals surface area (Å²) in [6.07, 6.45) is 1.97. The Kier molecular flexibility index (Phi) is 6.18. The summed E-state index contributed by atoms with van der Waals surface area (Å²) in [7, 11) is 0. The molecular formula is C15H22N2O3. The summed E-state index contributed by atoms with van der Waals surface area (Å²) in [5.41, 5.74) is 2.06. The number of nitrogens with one attached hydrogen (secondary N) is 1. The van der Waals surface area contributed by atoms with Crippen LogP contribution in [0.25, 0.3) is 0 Å². The third kappa shape index (κ3) is 5.40. The van der Waals surface area contributed by atoms with E-state index in [2.05, 4.69) is 5.32 Å². The van der Waals surface area contributed by atoms with Crippen molar-refractivity contribution in [2.24, 2.45) is 0 Å². The molecular weight excluding hydrogens is 256 g/mol. The van der Waals surface area contributed by atoms with E-state index in [-0.39, 0.29) is 5.69 Å². The van der Waals surface area contributed by atoms with Gasteiger partial charge in [0.15, 0.2) is 0 Å². The highest BCUT2D eigenvalue weighted by atomic mass is 16.6. The predicted octanol–water partition coefficient (Wildman–Crippen LogP) is 3.44. The maximum atomic E-state index is 10.8. The normalized spacial score (nSPS) is 10.4. The predicted molar refractivity (Wildman–Crippen MR) is 80.0 cm³/mol. The zero-order valence-corrected chi connectivity index (χ0v) is 12.5. The van der Waals surface area contributed by atoms with Crippen molar-refractivity contribution in [1.29, 1.82) is 0 Å². The number of non-ortho nitro benzene ring substituents is 1. The molecule has 0 saturated heterocycles. The monoisotopic (exact) mass is 278 g/mol. The van der Waals surface area contributed by atoms with Gasteiger partial charge in [-0.25, -0.2) is 0 Å². The summed E-state index contributed by atoms with van der Waals surface area (Å²) in [4.78, 5) is 10.5. The number of benzene rings is 1. The fraction of sp³-hybridized carbons (Fsp3) is 0.467. The average Bonchev–Trinajstić information content (AvgIpc) is 2.36. The molecule has 0 amide bonds. The van der Waals surface area contributed by atoms with Crippen LogP contribution in [0.4, 0.5) is 5.69 Å². The van der Waals surface area contributed by atoms with Gasteiger partial charge in [-0.05, 0) is 26.0 Å². The first-order valence-electron chi connectivity index (χ1n) is 6.67. The summed E-state index contributed by atoms with van der Waals surface area (Å²) in [6, 6.07) is 5.00. The number of allylic oxidation sites excluding steroid dienone is 1. The van der Waals surface area contributed by atoms with Crippen molar-refractivity contribution in [3.8, 4) is 5.75 Å². The number of rotatable bonds is 7. The fourth-order valence-corrected chi connectivity index (χ4v) is 1.57. The molecule has 0 unspecified atom stereocenters. The quantitative estimate of drug-likeness (QED) is 0.471. The maximum Gasteiger partial charge on any atom is 0.270 e. The van der Waals surface area contributed by atoms with Gasteiger partial charge in [0.2, 0.25) is 0 Å². The first-order chi connectivity index (χ1) is 9.40. The number of ether oxygens (including phenoxy) is 1. The van der Waals surface area contributed by atoms with E-state index < -0.39 is 4.92 Å². The molecule has 1 aromatic rings. The van der Waals surface area contributed by atoms with Gasteiger partial charge in [0.05, 0.1) is 4.92 Å². The van der Waals surface area contributed by atoms with Crippen LogP contribution in [0.2, 0.25) is 0 Å². The SMILES string of the molecule is CC(C)=CCOc1ccc([N+](=O)[O-])cc1CNC(C)C. The van der Waals surface area contributed by atoms with Crippen molar-refractivity contribution in [2.75, 3.05) is 6.61 Å². The Bertz CT molecular complexity index is 492. The van der Waals surface area contributed by atoms with Crippen molar-refractivity contribution >= 4 is 5.69 Å². The molecule has 0 radical (unpaired) electrons. The minimum Gasteiger partial charge on any atom is -0.489 e. The third-order valence-electron chi connectivity index (χ3n) is 2.69. The van der Waals surface area contributed by atoms with Crippen molar-refractivity contribution in [1.82, 2.24) is 5.32 Å². The van der Waals surface area contributed by atoms with Crippen LogP contribution in [0.1, 0.15) is 33.3 Å². The Morgan fingerprint density at radius 3 is 2.70 bits per heavy atom. The Hall–Kier alpha value is -1.88. The number of nitro benzene ring substituents is 1. The Morgan fingerprint density at radius 2 is 2.15 bits per heavy atom. The number of hydrogen-bond acceptors (Lipinski definition) is 4. The van der Waals surface area contributed by atoms with Gasteiger partial charge in [-0.15, -0.1) is 0 Å². The zero-order chi connectivity index (χ0) is 15.1. The molecule has 0 saturated carbocycles. The first kappa shape index (κ1) is 16.2. The highest BCUT2D eigenvalue weighted by Crippen LogP contribution is 2.24. The summed E-state index contributed by atoms with van der Waals surface area (Å²) in [6.45, 7) is 9.07. The number of nitrogens with zero attached hydrogens (tertiary/aromatic N) is 1. The van der Waals surface area contributed by atoms with Crippen LogP contribution >= 0.6 is 0 Å². The molecule has 0 spiro atoms. The smallest absolute Gasteiger partial charge is 0.270 e. The second kappa shape index (κ2) is 7.65. The Morgan fingerprint density at radius 1 is 1.45 bits per heavy atom. The first-order valence-corrected chi connectivity index (χ1v) is 6.67. The molecule has 1 N–H and O–H groups in total. The van der Waals surface area contributed by atoms with Crippen LogP contribution in [0.15, 0.2) is 29.8 Å². The summed E-state index contributed by atoms with van der Waals surface area (Å²) >= 11 is 0. The molecule has 1 aromatic carbocycles. The van der Waals surface area contributed by atoms with Gasteiger partial charge in [0.1, 0.15) is 12.4 Å². The molecule has 20 heavy (non-hydrogen) atoms. The summed E-state index contributed by atoms with van der Waals surface area (Å²) in [5, 5.41) is 14.1. The van der Waals surface area contributed by atoms with Crippen LogP contribution in [0.5, 0.6) is 5.75 Å². The lowest BCUT2D eigenvalue weighted by Crippen LogP contribution is -2.22. The van der Waals surface area contributed by atoms with E-state index >= 15 is 0 Å². The molecule has 0 heterocycles. The molecule has 0 aliphatic rings. The lowest BCUT2D eigenvalue weighted by atomic mass is 10.1. The molecule has 5 heteroatoms. The van der Waals surface area contributed by atoms with Gasteiger partial charge in [-0.2, -0.15) is 0 Å². The maximum absolute atomic E-state index is 10.8. The van der Waals surface area contributed by atoms with Gasteiger partial charge >= 0.3 is 0 Å². The largest absolute Gasteiger partial charge is 0.489 e. The third-order valence-corrected chi connectivity index (χ3v) is 2.69. The zero-order valence-electron chi connectivity index (χ0n) is 12.5. The second-order valence-electron chi connectivity index (χ2n) is 5.18. The van der Waals surface area contributed by atoms with E-state index in [1.807, 2.05) is 33.8 Å². The highest BCUT2D eigenvalue weighted by molar-refractivity contribution is 5.43. The highest BCUT2D eigenvalue weighted by Gasteiger charge is 2.11. The number of hydrogen-bond donors (Lipinski definition) is 1. The van der Waals surface area contributed by atoms with Crippen molar-refractivity contribution in [2.45, 2.75) is 40.3 Å². The number of nitro groups is 1. The van der Waals surface area contributed by atoms with E-state index in [9.17, 15) is 10.1 Å². The molecule has 5 nitrogen and oxygen atoms in total. The summed E-state index contributed by atoms with van der Waals surface area (Å²) in [5.74, 6) is 0.682. The van der Waals surface area contributed by atoms with Gasteiger partial charge in [-0.1, -0.05) is 19.4 Å². The topological polar surface area (TPSA) is 64.4 Å². The average molecular weight is 278 g/mol. The van der Waals surface area contributed by atoms with Gasteiger partial charge < -0.3 is 10.1 Å². The lowest BCUT2D eigenvalue weighted by Gasteiger charge is -2.13. The Balaban J connectivity index is 2.90. The standard InChI is InChI=1S/C15H22N2O3/c1-11(2)7-8-20-15-6-5-14(17(18)19)9-13(15)10-16-12(3)4/h5-7,9,12,16H,8,10H2,1-4H3. The van der Waals surface area contributed by atoms with Crippen molar-refractivity contribution in [3.63, 3.8) is 0 Å². The van der Waals surface area contributed by atoms with Crippen molar-refractivity contribution < 1.29 is 9.66 Å². The van der Waals surface area contributed by atoms with E-state index in [1.165, 1.54) is 11.6 Å². The van der Waals surface area contributed by atoms with E-state index in [0.29, 0.717) is 24.9 Å². The lowest BCUT2D eigenvalue weighted by molar-refractivity contribution is -0.384. The van der Waals surface area contributed by atoms with Gasteiger partial charge in [0.25, 0.3) is 5.69 Å². The van der Waals surface area contributed by atoms with Crippen LogP contribution in [0, 0.1) is 10.1 Å². The van der Waals surface area contributed by atoms with Crippen LogP contribution < -0.4 is 10.1 Å². The van der Waals surface area contributed by atoms with E-state index in [4.69, 9.17) is 4.74 Å². The molecule has 0 bridgehead atoms. The second-order valence-corrected chi connectivity index (χ2v) is 5.18. The molecule has 0 aliphatic carbocycles. The van der Waals surface area contributed by atoms with Gasteiger partial charge in [0, 0.05) is 30.3 Å². The van der Waals surface area contributed by atoms with Crippen LogP contribution in [-0.4, -0.2) is 17.6 Å². The van der Waals surface area contributed by atoms with Gasteiger partial charge in [-0.3, -0.25) is 10.1 Å². The minimum atomic E-state index is -0.390.